The molecule has 1 N–H and O–H groups in total. The third-order valence-electron chi connectivity index (χ3n) is 6.52. The quantitative estimate of drug-likeness (QED) is 0.857. The summed E-state index contributed by atoms with van der Waals surface area (Å²) in [6.45, 7) is 0. The number of halogens is 2. The summed E-state index contributed by atoms with van der Waals surface area (Å²) in [7, 11) is -4.03. The third-order valence-corrected chi connectivity index (χ3v) is 7.87. The van der Waals surface area contributed by atoms with E-state index in [1.807, 2.05) is 10.9 Å². The van der Waals surface area contributed by atoms with Crippen molar-refractivity contribution in [2.45, 2.75) is 49.0 Å². The Hall–Kier alpha value is -1.96. The van der Waals surface area contributed by atoms with Crippen LogP contribution in [0.25, 0.3) is 0 Å². The molecule has 1 aromatic heterocycles. The molecule has 8 heteroatoms. The lowest BCUT2D eigenvalue weighted by atomic mass is 9.53. The molecule has 144 valence electrons. The van der Waals surface area contributed by atoms with Crippen LogP contribution in [0, 0.1) is 29.4 Å². The first kappa shape index (κ1) is 17.2. The van der Waals surface area contributed by atoms with E-state index in [0.717, 1.165) is 49.1 Å². The van der Waals surface area contributed by atoms with Crippen molar-refractivity contribution in [2.24, 2.45) is 17.8 Å². The molecule has 5 nitrogen and oxygen atoms in total. The standard InChI is InChI=1S/C19H21F2N3O2S/c20-16-2-1-15(8-17(16)21)27(25,26)23-18-3-4-24(22-18)19-9-12-5-13(10-19)7-14(6-12)11-19/h1-4,8,12-14H,5-7,9-11H2,(H,22,23). The molecule has 4 saturated carbocycles. The molecule has 0 amide bonds. The van der Waals surface area contributed by atoms with Gasteiger partial charge >= 0.3 is 0 Å². The summed E-state index contributed by atoms with van der Waals surface area (Å²) in [6, 6.07) is 4.15. The number of sulfonamides is 1. The molecule has 1 heterocycles. The van der Waals surface area contributed by atoms with E-state index >= 15 is 0 Å². The van der Waals surface area contributed by atoms with Gasteiger partial charge in [-0.25, -0.2) is 17.2 Å². The third kappa shape index (κ3) is 2.85. The first-order valence-corrected chi connectivity index (χ1v) is 10.9. The maximum absolute atomic E-state index is 13.4. The smallest absolute Gasteiger partial charge is 0.263 e. The van der Waals surface area contributed by atoms with E-state index < -0.39 is 21.7 Å². The Bertz CT molecular complexity index is 967. The average molecular weight is 393 g/mol. The maximum Gasteiger partial charge on any atom is 0.263 e. The normalized spacial score (nSPS) is 32.0. The van der Waals surface area contributed by atoms with Crippen molar-refractivity contribution in [2.75, 3.05) is 4.72 Å². The molecule has 4 aliphatic rings. The topological polar surface area (TPSA) is 64.0 Å². The van der Waals surface area contributed by atoms with Crippen LogP contribution < -0.4 is 4.72 Å². The molecule has 4 fully saturated rings. The number of hydrogen-bond acceptors (Lipinski definition) is 3. The molecule has 0 radical (unpaired) electrons. The molecule has 0 unspecified atom stereocenters. The highest BCUT2D eigenvalue weighted by Gasteiger charge is 2.52. The van der Waals surface area contributed by atoms with Gasteiger partial charge < -0.3 is 0 Å². The Morgan fingerprint density at radius 2 is 1.63 bits per heavy atom. The van der Waals surface area contributed by atoms with Gasteiger partial charge in [0.15, 0.2) is 17.5 Å². The van der Waals surface area contributed by atoms with Gasteiger partial charge in [-0.15, -0.1) is 0 Å². The van der Waals surface area contributed by atoms with Crippen molar-refractivity contribution in [3.63, 3.8) is 0 Å². The Morgan fingerprint density at radius 1 is 1.00 bits per heavy atom. The summed E-state index contributed by atoms with van der Waals surface area (Å²) in [5, 5.41) is 4.51. The minimum absolute atomic E-state index is 0.000422. The summed E-state index contributed by atoms with van der Waals surface area (Å²) >= 11 is 0. The molecule has 0 saturated heterocycles. The Balaban J connectivity index is 1.40. The van der Waals surface area contributed by atoms with Crippen LogP contribution in [-0.4, -0.2) is 18.2 Å². The van der Waals surface area contributed by atoms with Crippen LogP contribution in [0.15, 0.2) is 35.4 Å². The molecule has 6 rings (SSSR count). The van der Waals surface area contributed by atoms with Crippen LogP contribution in [0.5, 0.6) is 0 Å². The van der Waals surface area contributed by atoms with Crippen molar-refractivity contribution in [1.29, 1.82) is 0 Å². The van der Waals surface area contributed by atoms with Gasteiger partial charge in [0.1, 0.15) is 0 Å². The Kier molecular flexibility index (Phi) is 3.67. The maximum atomic E-state index is 13.4. The van der Waals surface area contributed by atoms with Crippen molar-refractivity contribution in [3.05, 3.63) is 42.1 Å². The molecular weight excluding hydrogens is 372 g/mol. The van der Waals surface area contributed by atoms with E-state index in [9.17, 15) is 17.2 Å². The monoisotopic (exact) mass is 393 g/mol. The predicted octanol–water partition coefficient (Wildman–Crippen LogP) is 3.89. The fourth-order valence-corrected chi connectivity index (χ4v) is 6.84. The van der Waals surface area contributed by atoms with Crippen LogP contribution >= 0.6 is 0 Å². The number of hydrogen-bond donors (Lipinski definition) is 1. The first-order chi connectivity index (χ1) is 12.8. The van der Waals surface area contributed by atoms with Crippen LogP contribution in [-0.2, 0) is 15.6 Å². The van der Waals surface area contributed by atoms with E-state index in [1.54, 1.807) is 6.07 Å². The highest BCUT2D eigenvalue weighted by atomic mass is 32.2. The number of aromatic nitrogens is 2. The van der Waals surface area contributed by atoms with Gasteiger partial charge in [-0.2, -0.15) is 5.10 Å². The van der Waals surface area contributed by atoms with Gasteiger partial charge in [0.05, 0.1) is 10.4 Å². The first-order valence-electron chi connectivity index (χ1n) is 9.37. The van der Waals surface area contributed by atoms with Crippen molar-refractivity contribution in [3.8, 4) is 0 Å². The van der Waals surface area contributed by atoms with Gasteiger partial charge in [0.25, 0.3) is 10.0 Å². The molecule has 1 aromatic carbocycles. The Morgan fingerprint density at radius 3 is 2.22 bits per heavy atom. The number of nitrogens with zero attached hydrogens (tertiary/aromatic N) is 2. The average Bonchev–Trinajstić information content (AvgIpc) is 3.04. The largest absolute Gasteiger partial charge is 0.264 e. The number of nitrogens with one attached hydrogen (secondary N) is 1. The lowest BCUT2D eigenvalue weighted by Crippen LogP contribution is -2.52. The molecule has 4 aliphatic carbocycles. The predicted molar refractivity (Wildman–Crippen MR) is 95.5 cm³/mol. The number of benzene rings is 1. The minimum atomic E-state index is -4.03. The summed E-state index contributed by atoms with van der Waals surface area (Å²) < 4.78 is 55.7. The SMILES string of the molecule is O=S(=O)(Nc1ccn(C23CC4CC(CC(C4)C2)C3)n1)c1ccc(F)c(F)c1. The van der Waals surface area contributed by atoms with Gasteiger partial charge in [-0.1, -0.05) is 0 Å². The highest BCUT2D eigenvalue weighted by molar-refractivity contribution is 7.92. The molecular formula is C19H21F2N3O2S. The molecule has 4 bridgehead atoms. The zero-order valence-corrected chi connectivity index (χ0v) is 15.6. The van der Waals surface area contributed by atoms with Crippen molar-refractivity contribution in [1.82, 2.24) is 9.78 Å². The highest BCUT2D eigenvalue weighted by Crippen LogP contribution is 2.58. The Labute approximate surface area is 156 Å². The van der Waals surface area contributed by atoms with Crippen LogP contribution in [0.2, 0.25) is 0 Å². The second kappa shape index (κ2) is 5.77. The zero-order valence-electron chi connectivity index (χ0n) is 14.7. The number of anilines is 1. The van der Waals surface area contributed by atoms with Gasteiger partial charge in [-0.05, 0) is 74.5 Å². The van der Waals surface area contributed by atoms with E-state index in [1.165, 1.54) is 19.3 Å². The fraction of sp³-hybridized carbons (Fsp3) is 0.526. The van der Waals surface area contributed by atoms with Crippen molar-refractivity contribution < 1.29 is 17.2 Å². The zero-order chi connectivity index (χ0) is 18.8. The van der Waals surface area contributed by atoms with E-state index in [-0.39, 0.29) is 16.3 Å². The van der Waals surface area contributed by atoms with Crippen molar-refractivity contribution >= 4 is 15.8 Å². The summed E-state index contributed by atoms with van der Waals surface area (Å²) in [5.74, 6) is 0.181. The van der Waals surface area contributed by atoms with Gasteiger partial charge in [-0.3, -0.25) is 9.40 Å². The van der Waals surface area contributed by atoms with Crippen LogP contribution in [0.4, 0.5) is 14.6 Å². The summed E-state index contributed by atoms with van der Waals surface area (Å²) in [4.78, 5) is -0.328. The molecule has 27 heavy (non-hydrogen) atoms. The fourth-order valence-electron chi connectivity index (χ4n) is 5.83. The summed E-state index contributed by atoms with van der Waals surface area (Å²) in [6.07, 6.45) is 9.11. The molecule has 0 atom stereocenters. The second-order valence-electron chi connectivity index (χ2n) is 8.47. The van der Waals surface area contributed by atoms with Gasteiger partial charge in [0.2, 0.25) is 0 Å². The van der Waals surface area contributed by atoms with E-state index in [2.05, 4.69) is 9.82 Å². The molecule has 0 spiro atoms. The van der Waals surface area contributed by atoms with E-state index in [4.69, 9.17) is 0 Å². The minimum Gasteiger partial charge on any atom is -0.264 e. The van der Waals surface area contributed by atoms with Crippen LogP contribution in [0.3, 0.4) is 0 Å². The lowest BCUT2D eigenvalue weighted by Gasteiger charge is -2.56. The van der Waals surface area contributed by atoms with Gasteiger partial charge in [0, 0.05) is 12.3 Å². The molecule has 2 aromatic rings. The second-order valence-corrected chi connectivity index (χ2v) is 10.2. The van der Waals surface area contributed by atoms with E-state index in [0.29, 0.717) is 6.07 Å². The molecule has 0 aliphatic heterocycles. The lowest BCUT2D eigenvalue weighted by molar-refractivity contribution is -0.0492. The summed E-state index contributed by atoms with van der Waals surface area (Å²) in [5.41, 5.74) is 0.000422. The van der Waals surface area contributed by atoms with Crippen LogP contribution in [0.1, 0.15) is 38.5 Å². The number of rotatable bonds is 4.